The number of ether oxygens (including phenoxy) is 2. The summed E-state index contributed by atoms with van der Waals surface area (Å²) in [5, 5.41) is 11.9. The molecule has 0 spiro atoms. The highest BCUT2D eigenvalue weighted by Crippen LogP contribution is 2.38. The van der Waals surface area contributed by atoms with Gasteiger partial charge in [0, 0.05) is 36.3 Å². The second-order valence-electron chi connectivity index (χ2n) is 7.74. The van der Waals surface area contributed by atoms with Crippen LogP contribution in [0.1, 0.15) is 44.2 Å². The Morgan fingerprint density at radius 3 is 2.97 bits per heavy atom. The van der Waals surface area contributed by atoms with Gasteiger partial charge in [-0.05, 0) is 32.3 Å². The summed E-state index contributed by atoms with van der Waals surface area (Å²) in [5.41, 5.74) is 0.735. The Morgan fingerprint density at radius 1 is 1.30 bits per heavy atom. The molecule has 4 rings (SSSR count). The Balaban J connectivity index is 1.61. The molecule has 6 bridgehead atoms. The van der Waals surface area contributed by atoms with Crippen LogP contribution in [-0.4, -0.2) is 45.9 Å². The van der Waals surface area contributed by atoms with Gasteiger partial charge in [0.2, 0.25) is 5.88 Å². The van der Waals surface area contributed by atoms with Crippen molar-refractivity contribution in [3.05, 3.63) is 29.8 Å². The molecule has 162 valence electrons. The summed E-state index contributed by atoms with van der Waals surface area (Å²) in [6.07, 6.45) is 1.12. The molecule has 1 aliphatic carbocycles. The first kappa shape index (κ1) is 20.3. The lowest BCUT2D eigenvalue weighted by atomic mass is 10.0. The summed E-state index contributed by atoms with van der Waals surface area (Å²) in [4.78, 5) is 16.0. The average Bonchev–Trinajstić information content (AvgIpc) is 3.26. The molecular weight excluding hydrogens is 403 g/mol. The summed E-state index contributed by atoms with van der Waals surface area (Å²) in [6.45, 7) is 0.547. The smallest absolute Gasteiger partial charge is 0.407 e. The van der Waals surface area contributed by atoms with Crippen molar-refractivity contribution >= 4 is 17.6 Å². The number of nitrogens with one attached hydrogen (secondary N) is 3. The first-order chi connectivity index (χ1) is 14.3. The minimum atomic E-state index is -3.20. The molecule has 3 atom stereocenters. The number of fused-ring (bicyclic) bond motifs is 7. The summed E-state index contributed by atoms with van der Waals surface area (Å²) >= 11 is 0. The molecule has 11 heteroatoms. The molecule has 0 saturated heterocycles. The van der Waals surface area contributed by atoms with Crippen molar-refractivity contribution in [3.8, 4) is 5.88 Å². The summed E-state index contributed by atoms with van der Waals surface area (Å²) < 4.78 is 53.8. The van der Waals surface area contributed by atoms with Crippen LogP contribution < -0.4 is 15.4 Å². The fourth-order valence-corrected chi connectivity index (χ4v) is 3.83. The number of aromatic amines is 1. The number of rotatable bonds is 0. The summed E-state index contributed by atoms with van der Waals surface area (Å²) in [6, 6.07) is 2.10. The van der Waals surface area contributed by atoms with Crippen molar-refractivity contribution < 1.29 is 27.4 Å². The fourth-order valence-electron chi connectivity index (χ4n) is 3.83. The molecule has 0 radical (unpaired) electrons. The molecule has 0 aromatic carbocycles. The van der Waals surface area contributed by atoms with Crippen LogP contribution in [0.2, 0.25) is 0 Å². The van der Waals surface area contributed by atoms with E-state index in [-0.39, 0.29) is 17.6 Å². The van der Waals surface area contributed by atoms with Crippen LogP contribution in [0, 0.1) is 5.82 Å². The van der Waals surface area contributed by atoms with Crippen molar-refractivity contribution in [2.24, 2.45) is 0 Å². The van der Waals surface area contributed by atoms with Gasteiger partial charge in [-0.3, -0.25) is 5.10 Å². The standard InChI is InChI=1S/C19H22F3N5O3/c1-10-8-19(21,22)9-29-14-7-12(4-5-23-14)25-17-15(20)16(26-27-17)11-2-3-13(6-11)30-18(28)24-10/h4-5,7,10-11,13H,2-3,6,8-9H2,1H3,(H,24,28)(H2,25,26,27)/t10-,11-,13+/m0/s1. The highest BCUT2D eigenvalue weighted by atomic mass is 19.3. The number of anilines is 2. The molecule has 8 nitrogen and oxygen atoms in total. The zero-order valence-corrected chi connectivity index (χ0v) is 16.3. The first-order valence-corrected chi connectivity index (χ1v) is 9.74. The lowest BCUT2D eigenvalue weighted by Crippen LogP contribution is -2.40. The van der Waals surface area contributed by atoms with Crippen molar-refractivity contribution in [2.45, 2.75) is 56.6 Å². The summed E-state index contributed by atoms with van der Waals surface area (Å²) in [7, 11) is 0. The summed E-state index contributed by atoms with van der Waals surface area (Å²) in [5.74, 6) is -4.00. The molecular formula is C19H22F3N5O3. The molecule has 3 N–H and O–H groups in total. The Morgan fingerprint density at radius 2 is 2.13 bits per heavy atom. The molecule has 2 aromatic heterocycles. The molecule has 3 heterocycles. The van der Waals surface area contributed by atoms with E-state index < -0.39 is 43.0 Å². The van der Waals surface area contributed by atoms with Gasteiger partial charge in [0.05, 0.1) is 5.69 Å². The minimum Gasteiger partial charge on any atom is -0.471 e. The third kappa shape index (κ3) is 4.60. The van der Waals surface area contributed by atoms with Crippen molar-refractivity contribution in [1.82, 2.24) is 20.5 Å². The number of hydrogen-bond acceptors (Lipinski definition) is 6. The van der Waals surface area contributed by atoms with E-state index >= 15 is 0 Å². The Hall–Kier alpha value is -2.98. The monoisotopic (exact) mass is 425 g/mol. The van der Waals surface area contributed by atoms with E-state index in [9.17, 15) is 18.0 Å². The van der Waals surface area contributed by atoms with Gasteiger partial charge in [-0.1, -0.05) is 0 Å². The maximum atomic E-state index is 14.9. The number of carbonyl (C=O) groups excluding carboxylic acids is 1. The topological polar surface area (TPSA) is 101 Å². The molecule has 2 aliphatic rings. The zero-order valence-electron chi connectivity index (χ0n) is 16.3. The lowest BCUT2D eigenvalue weighted by Gasteiger charge is -2.22. The van der Waals surface area contributed by atoms with E-state index in [2.05, 4.69) is 25.8 Å². The number of pyridine rings is 1. The van der Waals surface area contributed by atoms with Gasteiger partial charge in [0.15, 0.2) is 18.2 Å². The SMILES string of the molecule is C[C@H]1CC(F)(F)COc2cc(ccn2)Nc2n[nH]c(c2F)[C@H]2CC[C@H](C2)OC(=O)N1. The van der Waals surface area contributed by atoms with Crippen LogP contribution in [0.5, 0.6) is 5.88 Å². The molecule has 30 heavy (non-hydrogen) atoms. The van der Waals surface area contributed by atoms with E-state index in [1.54, 1.807) is 6.07 Å². The highest BCUT2D eigenvalue weighted by Gasteiger charge is 2.35. The minimum absolute atomic E-state index is 0.0236. The molecule has 1 amide bonds. The molecule has 1 saturated carbocycles. The Bertz CT molecular complexity index is 923. The normalized spacial score (nSPS) is 26.4. The van der Waals surface area contributed by atoms with Gasteiger partial charge >= 0.3 is 6.09 Å². The van der Waals surface area contributed by atoms with Crippen molar-refractivity contribution in [3.63, 3.8) is 0 Å². The van der Waals surface area contributed by atoms with Gasteiger partial charge in [-0.25, -0.2) is 22.9 Å². The predicted octanol–water partition coefficient (Wildman–Crippen LogP) is 3.86. The van der Waals surface area contributed by atoms with Crippen LogP contribution in [0.15, 0.2) is 18.3 Å². The number of nitrogens with zero attached hydrogens (tertiary/aromatic N) is 2. The van der Waals surface area contributed by atoms with Crippen LogP contribution in [-0.2, 0) is 4.74 Å². The zero-order chi connectivity index (χ0) is 21.3. The van der Waals surface area contributed by atoms with Gasteiger partial charge in [-0.15, -0.1) is 0 Å². The maximum absolute atomic E-state index is 14.9. The number of halogens is 3. The Labute approximate surface area is 170 Å². The van der Waals surface area contributed by atoms with E-state index in [4.69, 9.17) is 9.47 Å². The number of carbonyl (C=O) groups is 1. The molecule has 1 aliphatic heterocycles. The maximum Gasteiger partial charge on any atom is 0.407 e. The first-order valence-electron chi connectivity index (χ1n) is 9.74. The number of alkyl carbamates (subject to hydrolysis) is 1. The van der Waals surface area contributed by atoms with E-state index in [0.29, 0.717) is 30.6 Å². The predicted molar refractivity (Wildman–Crippen MR) is 101 cm³/mol. The average molecular weight is 425 g/mol. The second kappa shape index (κ2) is 8.04. The van der Waals surface area contributed by atoms with E-state index in [1.807, 2.05) is 0 Å². The van der Waals surface area contributed by atoms with Gasteiger partial charge in [0.25, 0.3) is 5.92 Å². The molecule has 1 fully saturated rings. The fraction of sp³-hybridized carbons (Fsp3) is 0.526. The number of hydrogen-bond donors (Lipinski definition) is 3. The van der Waals surface area contributed by atoms with Gasteiger partial charge in [0.1, 0.15) is 6.10 Å². The lowest BCUT2D eigenvalue weighted by molar-refractivity contribution is -0.0545. The van der Waals surface area contributed by atoms with Crippen LogP contribution in [0.3, 0.4) is 0 Å². The van der Waals surface area contributed by atoms with E-state index in [0.717, 1.165) is 0 Å². The van der Waals surface area contributed by atoms with Gasteiger partial charge < -0.3 is 20.1 Å². The number of amides is 1. The van der Waals surface area contributed by atoms with Crippen LogP contribution in [0.4, 0.5) is 29.5 Å². The van der Waals surface area contributed by atoms with Gasteiger partial charge in [-0.2, -0.15) is 5.10 Å². The molecule has 2 aromatic rings. The Kier molecular flexibility index (Phi) is 5.44. The number of H-pyrrole nitrogens is 1. The van der Waals surface area contributed by atoms with Crippen LogP contribution >= 0.6 is 0 Å². The highest BCUT2D eigenvalue weighted by molar-refractivity contribution is 5.67. The van der Waals surface area contributed by atoms with Crippen molar-refractivity contribution in [1.29, 1.82) is 0 Å². The number of aromatic nitrogens is 3. The van der Waals surface area contributed by atoms with E-state index in [1.165, 1.54) is 19.2 Å². The third-order valence-corrected chi connectivity index (χ3v) is 5.20. The van der Waals surface area contributed by atoms with Crippen molar-refractivity contribution in [2.75, 3.05) is 11.9 Å². The van der Waals surface area contributed by atoms with Crippen LogP contribution in [0.25, 0.3) is 0 Å². The largest absolute Gasteiger partial charge is 0.471 e. The second-order valence-corrected chi connectivity index (χ2v) is 7.74. The quantitative estimate of drug-likeness (QED) is 0.593. The molecule has 0 unspecified atom stereocenters. The third-order valence-electron chi connectivity index (χ3n) is 5.20. The number of alkyl halides is 2.